The predicted octanol–water partition coefficient (Wildman–Crippen LogP) is 2.73. The second kappa shape index (κ2) is 8.04. The monoisotopic (exact) mass is 285 g/mol. The van der Waals surface area contributed by atoms with Crippen molar-refractivity contribution in [1.82, 2.24) is 10.6 Å². The third kappa shape index (κ3) is 4.91. The summed E-state index contributed by atoms with van der Waals surface area (Å²) in [6.07, 6.45) is 0.624. The minimum absolute atomic E-state index is 0.161. The van der Waals surface area contributed by atoms with Crippen LogP contribution in [0.25, 0.3) is 0 Å². The van der Waals surface area contributed by atoms with E-state index >= 15 is 0 Å². The van der Waals surface area contributed by atoms with Gasteiger partial charge in [0.1, 0.15) is 5.82 Å². The van der Waals surface area contributed by atoms with E-state index < -0.39 is 0 Å². The maximum Gasteiger partial charge on any atom is 0.191 e. The lowest BCUT2D eigenvalue weighted by Crippen LogP contribution is -2.37. The van der Waals surface area contributed by atoms with Crippen LogP contribution in [0.3, 0.4) is 0 Å². The molecule has 2 aromatic carbocycles. The fraction of sp³-hybridized carbons (Fsp3) is 0.235. The van der Waals surface area contributed by atoms with E-state index in [1.165, 1.54) is 11.6 Å². The van der Waals surface area contributed by atoms with Gasteiger partial charge in [-0.15, -0.1) is 0 Å². The standard InChI is InChI=1S/C17H20FN3/c1-19-17(21-13-14-7-3-2-4-8-14)20-12-11-15-9-5-6-10-16(15)18/h2-10H,11-13H2,1H3,(H2,19,20,21). The molecule has 0 fully saturated rings. The quantitative estimate of drug-likeness (QED) is 0.654. The molecule has 3 nitrogen and oxygen atoms in total. The largest absolute Gasteiger partial charge is 0.356 e. The van der Waals surface area contributed by atoms with Crippen LogP contribution in [0, 0.1) is 5.82 Å². The van der Waals surface area contributed by atoms with Crippen LogP contribution in [0.15, 0.2) is 59.6 Å². The Hall–Kier alpha value is -2.36. The molecule has 0 saturated carbocycles. The summed E-state index contributed by atoms with van der Waals surface area (Å²) in [7, 11) is 1.73. The molecule has 0 bridgehead atoms. The van der Waals surface area contributed by atoms with Crippen molar-refractivity contribution in [1.29, 1.82) is 0 Å². The van der Waals surface area contributed by atoms with Gasteiger partial charge < -0.3 is 10.6 Å². The highest BCUT2D eigenvalue weighted by Crippen LogP contribution is 2.06. The zero-order chi connectivity index (χ0) is 14.9. The van der Waals surface area contributed by atoms with Crippen molar-refractivity contribution in [2.45, 2.75) is 13.0 Å². The van der Waals surface area contributed by atoms with Crippen LogP contribution < -0.4 is 10.6 Å². The summed E-state index contributed by atoms with van der Waals surface area (Å²) < 4.78 is 13.5. The first-order chi connectivity index (χ1) is 10.3. The van der Waals surface area contributed by atoms with E-state index in [1.54, 1.807) is 19.2 Å². The molecule has 0 aliphatic carbocycles. The Morgan fingerprint density at radius 2 is 1.71 bits per heavy atom. The molecule has 0 aliphatic heterocycles. The molecular formula is C17H20FN3. The fourth-order valence-corrected chi connectivity index (χ4v) is 2.02. The highest BCUT2D eigenvalue weighted by molar-refractivity contribution is 5.79. The molecule has 0 unspecified atom stereocenters. The van der Waals surface area contributed by atoms with Gasteiger partial charge in [-0.05, 0) is 23.6 Å². The number of hydrogen-bond acceptors (Lipinski definition) is 1. The molecule has 0 spiro atoms. The molecule has 0 atom stereocenters. The Balaban J connectivity index is 1.77. The molecule has 0 amide bonds. The first-order valence-electron chi connectivity index (χ1n) is 7.01. The Morgan fingerprint density at radius 3 is 2.43 bits per heavy atom. The summed E-state index contributed by atoms with van der Waals surface area (Å²) in [5.41, 5.74) is 1.90. The second-order valence-electron chi connectivity index (χ2n) is 4.68. The lowest BCUT2D eigenvalue weighted by molar-refractivity contribution is 0.606. The lowest BCUT2D eigenvalue weighted by atomic mass is 10.1. The first kappa shape index (κ1) is 15.0. The van der Waals surface area contributed by atoms with Crippen LogP contribution in [0.1, 0.15) is 11.1 Å². The summed E-state index contributed by atoms with van der Waals surface area (Å²) >= 11 is 0. The van der Waals surface area contributed by atoms with Gasteiger partial charge in [0.25, 0.3) is 0 Å². The molecule has 0 saturated heterocycles. The summed E-state index contributed by atoms with van der Waals surface area (Å²) in [5.74, 6) is 0.557. The molecule has 110 valence electrons. The van der Waals surface area contributed by atoms with Gasteiger partial charge in [0.05, 0.1) is 0 Å². The molecule has 21 heavy (non-hydrogen) atoms. The van der Waals surface area contributed by atoms with Crippen molar-refractivity contribution in [3.63, 3.8) is 0 Å². The number of aliphatic imine (C=N–C) groups is 1. The summed E-state index contributed by atoms with van der Waals surface area (Å²) in [6, 6.07) is 16.9. The van der Waals surface area contributed by atoms with Gasteiger partial charge in [-0.2, -0.15) is 0 Å². The van der Waals surface area contributed by atoms with Crippen LogP contribution in [-0.2, 0) is 13.0 Å². The zero-order valence-corrected chi connectivity index (χ0v) is 12.1. The molecular weight excluding hydrogens is 265 g/mol. The van der Waals surface area contributed by atoms with Crippen molar-refractivity contribution in [3.8, 4) is 0 Å². The van der Waals surface area contributed by atoms with Gasteiger partial charge in [-0.3, -0.25) is 4.99 Å². The number of guanidine groups is 1. The molecule has 0 radical (unpaired) electrons. The third-order valence-corrected chi connectivity index (χ3v) is 3.17. The van der Waals surface area contributed by atoms with E-state index in [9.17, 15) is 4.39 Å². The maximum atomic E-state index is 13.5. The van der Waals surface area contributed by atoms with Crippen molar-refractivity contribution >= 4 is 5.96 Å². The zero-order valence-electron chi connectivity index (χ0n) is 12.1. The summed E-state index contributed by atoms with van der Waals surface area (Å²) in [6.45, 7) is 1.34. The smallest absolute Gasteiger partial charge is 0.191 e. The molecule has 0 aliphatic rings. The summed E-state index contributed by atoms with van der Waals surface area (Å²) in [5, 5.41) is 6.42. The van der Waals surface area contributed by atoms with E-state index in [4.69, 9.17) is 0 Å². The first-order valence-corrected chi connectivity index (χ1v) is 7.01. The van der Waals surface area contributed by atoms with Gasteiger partial charge in [-0.1, -0.05) is 48.5 Å². The Bertz CT molecular complexity index is 582. The molecule has 2 aromatic rings. The van der Waals surface area contributed by atoms with Gasteiger partial charge in [-0.25, -0.2) is 4.39 Å². The van der Waals surface area contributed by atoms with Crippen LogP contribution in [0.5, 0.6) is 0 Å². The molecule has 0 heterocycles. The van der Waals surface area contributed by atoms with Crippen molar-refractivity contribution < 1.29 is 4.39 Å². The average molecular weight is 285 g/mol. The van der Waals surface area contributed by atoms with Crippen LogP contribution >= 0.6 is 0 Å². The average Bonchev–Trinajstić information content (AvgIpc) is 2.53. The molecule has 2 N–H and O–H groups in total. The maximum absolute atomic E-state index is 13.5. The highest BCUT2D eigenvalue weighted by Gasteiger charge is 2.01. The second-order valence-corrected chi connectivity index (χ2v) is 4.68. The van der Waals surface area contributed by atoms with Crippen LogP contribution in [-0.4, -0.2) is 19.6 Å². The number of halogens is 1. The van der Waals surface area contributed by atoms with Crippen LogP contribution in [0.4, 0.5) is 4.39 Å². The molecule has 4 heteroatoms. The van der Waals surface area contributed by atoms with Gasteiger partial charge in [0, 0.05) is 20.1 Å². The SMILES string of the molecule is CN=C(NCCc1ccccc1F)NCc1ccccc1. The van der Waals surface area contributed by atoms with Crippen molar-refractivity contribution in [2.24, 2.45) is 4.99 Å². The van der Waals surface area contributed by atoms with E-state index in [-0.39, 0.29) is 5.82 Å². The van der Waals surface area contributed by atoms with Crippen LogP contribution in [0.2, 0.25) is 0 Å². The van der Waals surface area contributed by atoms with Gasteiger partial charge in [0.2, 0.25) is 0 Å². The van der Waals surface area contributed by atoms with Crippen molar-refractivity contribution in [2.75, 3.05) is 13.6 Å². The van der Waals surface area contributed by atoms with Gasteiger partial charge in [0.15, 0.2) is 5.96 Å². The van der Waals surface area contributed by atoms with E-state index in [0.717, 1.165) is 5.96 Å². The molecule has 0 aromatic heterocycles. The van der Waals surface area contributed by atoms with E-state index in [2.05, 4.69) is 27.8 Å². The number of nitrogens with one attached hydrogen (secondary N) is 2. The Labute approximate surface area is 124 Å². The molecule has 2 rings (SSSR count). The normalized spacial score (nSPS) is 11.2. The number of nitrogens with zero attached hydrogens (tertiary/aromatic N) is 1. The summed E-state index contributed by atoms with van der Waals surface area (Å²) in [4.78, 5) is 4.16. The Morgan fingerprint density at radius 1 is 1.00 bits per heavy atom. The fourth-order valence-electron chi connectivity index (χ4n) is 2.02. The van der Waals surface area contributed by atoms with Crippen molar-refractivity contribution in [3.05, 3.63) is 71.5 Å². The van der Waals surface area contributed by atoms with Gasteiger partial charge >= 0.3 is 0 Å². The number of rotatable bonds is 5. The van der Waals surface area contributed by atoms with E-state index in [1.807, 2.05) is 24.3 Å². The highest BCUT2D eigenvalue weighted by atomic mass is 19.1. The predicted molar refractivity (Wildman–Crippen MR) is 84.7 cm³/mol. The third-order valence-electron chi connectivity index (χ3n) is 3.17. The Kier molecular flexibility index (Phi) is 5.76. The number of benzene rings is 2. The minimum Gasteiger partial charge on any atom is -0.356 e. The topological polar surface area (TPSA) is 36.4 Å². The number of hydrogen-bond donors (Lipinski definition) is 2. The van der Waals surface area contributed by atoms with E-state index in [0.29, 0.717) is 25.1 Å². The minimum atomic E-state index is -0.161. The lowest BCUT2D eigenvalue weighted by Gasteiger charge is -2.12.